The second kappa shape index (κ2) is 8.66. The van der Waals surface area contributed by atoms with E-state index >= 15 is 0 Å². The largest absolute Gasteiger partial charge is 0.507 e. The smallest absolute Gasteiger partial charge is 0.143 e. The summed E-state index contributed by atoms with van der Waals surface area (Å²) in [5, 5.41) is 24.1. The van der Waals surface area contributed by atoms with Crippen molar-refractivity contribution in [3.05, 3.63) is 90.9 Å². The van der Waals surface area contributed by atoms with Crippen LogP contribution < -0.4 is 0 Å². The summed E-state index contributed by atoms with van der Waals surface area (Å²) in [4.78, 5) is 13.3. The molecule has 0 aliphatic heterocycles. The fraction of sp³-hybridized carbons (Fsp3) is 0. The summed E-state index contributed by atoms with van der Waals surface area (Å²) in [5.41, 5.74) is 2.58. The molecule has 2 N–H and O–H groups in total. The van der Waals surface area contributed by atoms with Crippen LogP contribution in [0.15, 0.2) is 90.2 Å². The van der Waals surface area contributed by atoms with Crippen LogP contribution in [-0.2, 0) is 21.1 Å². The average molecular weight is 587 g/mol. The van der Waals surface area contributed by atoms with Crippen LogP contribution in [0.25, 0.3) is 32.8 Å². The number of pyridine rings is 2. The molecule has 0 bridgehead atoms. The number of hydrogen-bond donors (Lipinski definition) is 2. The molecule has 154 valence electrons. The van der Waals surface area contributed by atoms with Gasteiger partial charge in [0, 0.05) is 43.6 Å². The first-order valence-corrected chi connectivity index (χ1v) is 9.48. The van der Waals surface area contributed by atoms with E-state index in [0.717, 1.165) is 16.2 Å². The summed E-state index contributed by atoms with van der Waals surface area (Å²) in [6.45, 7) is 0. The number of aliphatic imine (C=N–C) groups is 1. The summed E-state index contributed by atoms with van der Waals surface area (Å²) >= 11 is 0. The fourth-order valence-corrected chi connectivity index (χ4v) is 3.62. The molecule has 0 spiro atoms. The van der Waals surface area contributed by atoms with Crippen molar-refractivity contribution in [3.63, 3.8) is 0 Å². The van der Waals surface area contributed by atoms with E-state index in [1.54, 1.807) is 24.5 Å². The SMILES string of the molecule is Oc1cnccc1-c1nc(C=Nc2cccc3cccc(O)c23)cc2ccccc12.[Pt]. The van der Waals surface area contributed by atoms with E-state index in [1.807, 2.05) is 60.7 Å². The zero-order valence-corrected chi connectivity index (χ0v) is 18.5. The van der Waals surface area contributed by atoms with Crippen molar-refractivity contribution in [2.75, 3.05) is 0 Å². The van der Waals surface area contributed by atoms with Gasteiger partial charge in [-0.2, -0.15) is 0 Å². The molecular formula is C25H17N3O2Pt. The minimum Gasteiger partial charge on any atom is -0.507 e. The van der Waals surface area contributed by atoms with Crippen LogP contribution in [0.4, 0.5) is 5.69 Å². The van der Waals surface area contributed by atoms with Gasteiger partial charge in [0.15, 0.2) is 0 Å². The first-order valence-electron chi connectivity index (χ1n) is 9.48. The molecule has 0 radical (unpaired) electrons. The molecule has 5 rings (SSSR count). The minimum absolute atomic E-state index is 0. The number of phenolic OH excluding ortho intramolecular Hbond substituents is 1. The predicted molar refractivity (Wildman–Crippen MR) is 120 cm³/mol. The van der Waals surface area contributed by atoms with Gasteiger partial charge in [-0.25, -0.2) is 4.98 Å². The summed E-state index contributed by atoms with van der Waals surface area (Å²) in [6, 6.07) is 22.7. The van der Waals surface area contributed by atoms with E-state index in [0.29, 0.717) is 28.0 Å². The molecule has 0 atom stereocenters. The molecule has 5 nitrogen and oxygen atoms in total. The van der Waals surface area contributed by atoms with Crippen molar-refractivity contribution in [1.82, 2.24) is 9.97 Å². The van der Waals surface area contributed by atoms with Crippen LogP contribution in [0.5, 0.6) is 11.5 Å². The van der Waals surface area contributed by atoms with Crippen LogP contribution in [0, 0.1) is 0 Å². The number of phenols is 1. The second-order valence-corrected chi connectivity index (χ2v) is 6.92. The Kier molecular flexibility index (Phi) is 5.79. The predicted octanol–water partition coefficient (Wildman–Crippen LogP) is 5.61. The molecule has 0 saturated heterocycles. The summed E-state index contributed by atoms with van der Waals surface area (Å²) < 4.78 is 0. The molecule has 0 saturated carbocycles. The van der Waals surface area contributed by atoms with Gasteiger partial charge in [0.1, 0.15) is 11.5 Å². The van der Waals surface area contributed by atoms with Crippen LogP contribution in [0.1, 0.15) is 5.69 Å². The maximum Gasteiger partial charge on any atom is 0.143 e. The molecule has 0 amide bonds. The van der Waals surface area contributed by atoms with Crippen molar-refractivity contribution in [1.29, 1.82) is 0 Å². The third-order valence-corrected chi connectivity index (χ3v) is 5.01. The van der Waals surface area contributed by atoms with Gasteiger partial charge in [-0.15, -0.1) is 0 Å². The van der Waals surface area contributed by atoms with Gasteiger partial charge in [-0.05, 0) is 35.0 Å². The van der Waals surface area contributed by atoms with E-state index in [2.05, 4.69) is 9.98 Å². The third-order valence-electron chi connectivity index (χ3n) is 5.01. The number of aromatic nitrogens is 2. The molecule has 0 aliphatic rings. The van der Waals surface area contributed by atoms with Crippen molar-refractivity contribution >= 4 is 33.4 Å². The van der Waals surface area contributed by atoms with Crippen LogP contribution in [0.3, 0.4) is 0 Å². The molecule has 6 heteroatoms. The first-order chi connectivity index (χ1) is 14.7. The monoisotopic (exact) mass is 586 g/mol. The fourth-order valence-electron chi connectivity index (χ4n) is 3.62. The zero-order valence-electron chi connectivity index (χ0n) is 16.2. The van der Waals surface area contributed by atoms with Gasteiger partial charge in [0.05, 0.1) is 29.5 Å². The van der Waals surface area contributed by atoms with Gasteiger partial charge in [0.2, 0.25) is 0 Å². The standard InChI is InChI=1S/C25H17N3O2.Pt/c29-22-10-4-7-16-6-3-9-21(24(16)22)27-14-18-13-17-5-1-2-8-19(17)25(28-18)20-11-12-26-15-23(20)30;/h1-15,29-30H;. The van der Waals surface area contributed by atoms with E-state index in [-0.39, 0.29) is 32.6 Å². The Morgan fingerprint density at radius 1 is 0.806 bits per heavy atom. The Hall–Kier alpha value is -3.56. The zero-order chi connectivity index (χ0) is 20.5. The van der Waals surface area contributed by atoms with E-state index < -0.39 is 0 Å². The number of rotatable bonds is 3. The quantitative estimate of drug-likeness (QED) is 0.270. The summed E-state index contributed by atoms with van der Waals surface area (Å²) in [6.07, 6.45) is 4.71. The Bertz CT molecular complexity index is 1430. The normalized spacial score (nSPS) is 11.1. The molecular weight excluding hydrogens is 569 g/mol. The molecule has 3 aromatic carbocycles. The van der Waals surface area contributed by atoms with Gasteiger partial charge >= 0.3 is 0 Å². The number of nitrogens with zero attached hydrogens (tertiary/aromatic N) is 3. The van der Waals surface area contributed by atoms with E-state index in [1.165, 1.54) is 6.20 Å². The Morgan fingerprint density at radius 3 is 2.42 bits per heavy atom. The van der Waals surface area contributed by atoms with Crippen molar-refractivity contribution in [2.45, 2.75) is 0 Å². The molecule has 5 aromatic rings. The molecule has 2 heterocycles. The molecule has 0 aliphatic carbocycles. The van der Waals surface area contributed by atoms with Gasteiger partial charge in [0.25, 0.3) is 0 Å². The maximum atomic E-state index is 10.3. The number of hydrogen-bond acceptors (Lipinski definition) is 5. The third kappa shape index (κ3) is 3.92. The first kappa shape index (κ1) is 20.7. The van der Waals surface area contributed by atoms with Crippen molar-refractivity contribution < 1.29 is 31.3 Å². The number of benzene rings is 3. The molecule has 2 aromatic heterocycles. The Labute approximate surface area is 193 Å². The summed E-state index contributed by atoms with van der Waals surface area (Å²) in [7, 11) is 0. The number of aromatic hydroxyl groups is 2. The Morgan fingerprint density at radius 2 is 1.58 bits per heavy atom. The van der Waals surface area contributed by atoms with Crippen LogP contribution in [-0.4, -0.2) is 26.4 Å². The molecule has 0 unspecified atom stereocenters. The van der Waals surface area contributed by atoms with Gasteiger partial charge in [-0.1, -0.05) is 48.5 Å². The topological polar surface area (TPSA) is 78.6 Å². The second-order valence-electron chi connectivity index (χ2n) is 6.92. The van der Waals surface area contributed by atoms with Crippen molar-refractivity contribution in [3.8, 4) is 22.8 Å². The number of fused-ring (bicyclic) bond motifs is 2. The van der Waals surface area contributed by atoms with Gasteiger partial charge in [-0.3, -0.25) is 9.98 Å². The van der Waals surface area contributed by atoms with E-state index in [9.17, 15) is 10.2 Å². The maximum absolute atomic E-state index is 10.3. The average Bonchev–Trinajstić information content (AvgIpc) is 2.77. The molecule has 0 fully saturated rings. The van der Waals surface area contributed by atoms with Gasteiger partial charge < -0.3 is 10.2 Å². The van der Waals surface area contributed by atoms with Crippen LogP contribution >= 0.6 is 0 Å². The minimum atomic E-state index is 0. The molecule has 31 heavy (non-hydrogen) atoms. The van der Waals surface area contributed by atoms with Crippen molar-refractivity contribution in [2.24, 2.45) is 4.99 Å². The Balaban J connectivity index is 0.00000231. The van der Waals surface area contributed by atoms with Crippen LogP contribution in [0.2, 0.25) is 0 Å². The van der Waals surface area contributed by atoms with E-state index in [4.69, 9.17) is 4.98 Å². The summed E-state index contributed by atoms with van der Waals surface area (Å²) in [5.74, 6) is 0.261.